The van der Waals surface area contributed by atoms with Gasteiger partial charge >= 0.3 is 5.69 Å². The third kappa shape index (κ3) is 2.38. The summed E-state index contributed by atoms with van der Waals surface area (Å²) in [6.45, 7) is -0.604. The minimum atomic E-state index is -1.91. The molecule has 0 bridgehead atoms. The molecule has 3 N–H and O–H groups in total. The first-order valence-electron chi connectivity index (χ1n) is 5.70. The fraction of sp³-hybridized carbons (Fsp3) is 0.600. The Kier molecular flexibility index (Phi) is 3.99. The second-order valence-corrected chi connectivity index (χ2v) is 4.40. The van der Waals surface area contributed by atoms with Crippen molar-refractivity contribution in [2.45, 2.75) is 24.5 Å². The second kappa shape index (κ2) is 5.40. The van der Waals surface area contributed by atoms with Crippen molar-refractivity contribution in [3.05, 3.63) is 32.9 Å². The number of hydrogen-bond donors (Lipinski definition) is 3. The highest BCUT2D eigenvalue weighted by Crippen LogP contribution is 2.32. The number of ether oxygens (including phenoxy) is 1. The summed E-state index contributed by atoms with van der Waals surface area (Å²) in [7, 11) is 1.15. The van der Waals surface area contributed by atoms with Gasteiger partial charge in [0.2, 0.25) is 5.82 Å². The lowest BCUT2D eigenvalue weighted by Gasteiger charge is -2.22. The largest absolute Gasteiger partial charge is 0.394 e. The van der Waals surface area contributed by atoms with E-state index in [0.717, 1.165) is 7.05 Å². The molecule has 1 aliphatic heterocycles. The fourth-order valence-corrected chi connectivity index (χ4v) is 2.17. The molecule has 0 radical (unpaired) electrons. The zero-order valence-electron chi connectivity index (χ0n) is 10.4. The maximum atomic E-state index is 14.2. The van der Waals surface area contributed by atoms with Gasteiger partial charge in [0.15, 0.2) is 12.4 Å². The Morgan fingerprint density at radius 1 is 1.55 bits per heavy atom. The van der Waals surface area contributed by atoms with Crippen LogP contribution in [0.3, 0.4) is 0 Å². The van der Waals surface area contributed by atoms with E-state index >= 15 is 0 Å². The molecule has 0 amide bonds. The average molecular weight is 293 g/mol. The van der Waals surface area contributed by atoms with Crippen LogP contribution >= 0.6 is 0 Å². The Hall–Kier alpha value is -1.62. The van der Waals surface area contributed by atoms with Crippen molar-refractivity contribution < 1.29 is 23.8 Å². The van der Waals surface area contributed by atoms with Gasteiger partial charge in [-0.25, -0.2) is 9.18 Å². The number of H-pyrrole nitrogens is 1. The highest BCUT2D eigenvalue weighted by molar-refractivity contribution is 4.97. The first-order chi connectivity index (χ1) is 9.36. The number of hydrogen-bond acceptors (Lipinski definition) is 6. The zero-order valence-corrected chi connectivity index (χ0v) is 10.4. The van der Waals surface area contributed by atoms with Crippen molar-refractivity contribution in [1.82, 2.24) is 14.6 Å². The average Bonchev–Trinajstić information content (AvgIpc) is 2.71. The third-order valence-electron chi connectivity index (χ3n) is 3.10. The standard InChI is InChI=1S/C10H13F2N3O5/c1-14(19)7-5(3-16)20-9(6(7)12)15-2-4(11)8(17)13-10(15)18/h2,5-7,9,16,19H,3H2,1H3,(H,13,17,18)/t5-,6+,7-,9-/m1/s1. The summed E-state index contributed by atoms with van der Waals surface area (Å²) in [6.07, 6.45) is -4.06. The van der Waals surface area contributed by atoms with Crippen molar-refractivity contribution >= 4 is 0 Å². The SMILES string of the molecule is CN(O)[C@H]1[C@H](F)[C@H](n2cc(F)c(=O)[nH]c2=O)O[C@@H]1CO. The lowest BCUT2D eigenvalue weighted by Crippen LogP contribution is -2.44. The van der Waals surface area contributed by atoms with Crippen LogP contribution in [-0.4, -0.2) is 56.9 Å². The minimum absolute atomic E-state index is 0.513. The van der Waals surface area contributed by atoms with Gasteiger partial charge in [0.05, 0.1) is 18.8 Å². The molecule has 1 fully saturated rings. The van der Waals surface area contributed by atoms with Crippen molar-refractivity contribution in [1.29, 1.82) is 0 Å². The summed E-state index contributed by atoms with van der Waals surface area (Å²) in [5.41, 5.74) is -2.28. The summed E-state index contributed by atoms with van der Waals surface area (Å²) in [5, 5.41) is 18.9. The molecule has 2 rings (SSSR count). The lowest BCUT2D eigenvalue weighted by molar-refractivity contribution is -0.134. The monoisotopic (exact) mass is 293 g/mol. The first-order valence-corrected chi connectivity index (χ1v) is 5.70. The van der Waals surface area contributed by atoms with E-state index in [4.69, 9.17) is 9.84 Å². The van der Waals surface area contributed by atoms with Gasteiger partial charge in [0.25, 0.3) is 5.56 Å². The zero-order chi connectivity index (χ0) is 15.0. The molecule has 20 heavy (non-hydrogen) atoms. The Morgan fingerprint density at radius 3 is 2.70 bits per heavy atom. The summed E-state index contributed by atoms with van der Waals surface area (Å²) in [4.78, 5) is 24.1. The molecule has 0 saturated carbocycles. The molecule has 1 aliphatic rings. The lowest BCUT2D eigenvalue weighted by atomic mass is 10.1. The smallest absolute Gasteiger partial charge is 0.330 e. The summed E-state index contributed by atoms with van der Waals surface area (Å²) < 4.78 is 33.1. The number of nitrogens with zero attached hydrogens (tertiary/aromatic N) is 2. The Labute approximate surface area is 110 Å². The van der Waals surface area contributed by atoms with Crippen LogP contribution in [0.4, 0.5) is 8.78 Å². The summed E-state index contributed by atoms with van der Waals surface area (Å²) in [6, 6.07) is -1.23. The molecule has 112 valence electrons. The quantitative estimate of drug-likeness (QED) is 0.591. The Morgan fingerprint density at radius 2 is 2.20 bits per heavy atom. The summed E-state index contributed by atoms with van der Waals surface area (Å²) >= 11 is 0. The molecule has 1 saturated heterocycles. The number of rotatable bonds is 3. The Balaban J connectivity index is 2.42. The van der Waals surface area contributed by atoms with Gasteiger partial charge in [-0.1, -0.05) is 0 Å². The molecule has 1 aromatic heterocycles. The van der Waals surface area contributed by atoms with Gasteiger partial charge in [0.1, 0.15) is 6.10 Å². The van der Waals surface area contributed by atoms with E-state index in [0.29, 0.717) is 15.8 Å². The number of alkyl halides is 1. The van der Waals surface area contributed by atoms with Crippen LogP contribution < -0.4 is 11.2 Å². The molecule has 0 aromatic carbocycles. The molecular formula is C10H13F2N3O5. The van der Waals surface area contributed by atoms with Crippen LogP contribution in [0, 0.1) is 5.82 Å². The van der Waals surface area contributed by atoms with E-state index < -0.39 is 48.2 Å². The minimum Gasteiger partial charge on any atom is -0.394 e. The number of aliphatic hydroxyl groups excluding tert-OH is 1. The van der Waals surface area contributed by atoms with Crippen LogP contribution in [-0.2, 0) is 4.74 Å². The fourth-order valence-electron chi connectivity index (χ4n) is 2.17. The van der Waals surface area contributed by atoms with Crippen LogP contribution in [0.5, 0.6) is 0 Å². The number of hydroxylamine groups is 2. The van der Waals surface area contributed by atoms with Crippen LogP contribution in [0.1, 0.15) is 6.23 Å². The second-order valence-electron chi connectivity index (χ2n) is 4.40. The molecular weight excluding hydrogens is 280 g/mol. The van der Waals surface area contributed by atoms with Gasteiger partial charge in [-0.05, 0) is 0 Å². The van der Waals surface area contributed by atoms with Crippen molar-refractivity contribution in [2.24, 2.45) is 0 Å². The summed E-state index contributed by atoms with van der Waals surface area (Å²) in [5.74, 6) is -1.28. The van der Waals surface area contributed by atoms with E-state index in [-0.39, 0.29) is 0 Å². The maximum absolute atomic E-state index is 14.2. The highest BCUT2D eigenvalue weighted by Gasteiger charge is 2.48. The number of nitrogens with one attached hydrogen (secondary N) is 1. The van der Waals surface area contributed by atoms with Gasteiger partial charge in [-0.2, -0.15) is 9.45 Å². The molecule has 1 aromatic rings. The number of aromatic amines is 1. The van der Waals surface area contributed by atoms with Gasteiger partial charge in [-0.3, -0.25) is 14.3 Å². The predicted octanol–water partition coefficient (Wildman–Crippen LogP) is -1.41. The van der Waals surface area contributed by atoms with E-state index in [2.05, 4.69) is 0 Å². The predicted molar refractivity (Wildman–Crippen MR) is 60.5 cm³/mol. The molecule has 10 heteroatoms. The van der Waals surface area contributed by atoms with Crippen LogP contribution in [0.15, 0.2) is 15.8 Å². The number of likely N-dealkylation sites (N-methyl/N-ethyl adjacent to an activating group) is 1. The third-order valence-corrected chi connectivity index (χ3v) is 3.10. The molecule has 0 spiro atoms. The van der Waals surface area contributed by atoms with Gasteiger partial charge < -0.3 is 15.1 Å². The molecule has 4 atom stereocenters. The van der Waals surface area contributed by atoms with Crippen molar-refractivity contribution in [2.75, 3.05) is 13.7 Å². The van der Waals surface area contributed by atoms with E-state index in [1.165, 1.54) is 0 Å². The van der Waals surface area contributed by atoms with Crippen LogP contribution in [0.2, 0.25) is 0 Å². The number of aromatic nitrogens is 2. The topological polar surface area (TPSA) is 108 Å². The van der Waals surface area contributed by atoms with E-state index in [1.807, 2.05) is 0 Å². The Bertz CT molecular complexity index is 601. The number of aliphatic hydroxyl groups is 1. The molecule has 8 nitrogen and oxygen atoms in total. The maximum Gasteiger partial charge on any atom is 0.330 e. The first kappa shape index (κ1) is 14.8. The van der Waals surface area contributed by atoms with E-state index in [1.54, 1.807) is 4.98 Å². The van der Waals surface area contributed by atoms with Gasteiger partial charge in [0, 0.05) is 7.05 Å². The molecule has 0 aliphatic carbocycles. The number of halogens is 2. The van der Waals surface area contributed by atoms with Crippen molar-refractivity contribution in [3.8, 4) is 0 Å². The van der Waals surface area contributed by atoms with Crippen LogP contribution in [0.25, 0.3) is 0 Å². The van der Waals surface area contributed by atoms with Gasteiger partial charge in [-0.15, -0.1) is 0 Å². The van der Waals surface area contributed by atoms with E-state index in [9.17, 15) is 23.6 Å². The molecule has 0 unspecified atom stereocenters. The van der Waals surface area contributed by atoms with Crippen molar-refractivity contribution in [3.63, 3.8) is 0 Å². The molecule has 2 heterocycles. The highest BCUT2D eigenvalue weighted by atomic mass is 19.1. The normalized spacial score (nSPS) is 30.1.